The lowest BCUT2D eigenvalue weighted by molar-refractivity contribution is -0.145. The molecule has 4 nitrogen and oxygen atoms in total. The first-order valence-corrected chi connectivity index (χ1v) is 6.95. The molecule has 3 heterocycles. The van der Waals surface area contributed by atoms with Gasteiger partial charge in [0.15, 0.2) is 0 Å². The van der Waals surface area contributed by atoms with Crippen LogP contribution in [0.4, 0.5) is 0 Å². The molecule has 0 aromatic heterocycles. The van der Waals surface area contributed by atoms with Crippen molar-refractivity contribution in [3.8, 4) is 0 Å². The van der Waals surface area contributed by atoms with Gasteiger partial charge >= 0.3 is 0 Å². The summed E-state index contributed by atoms with van der Waals surface area (Å²) in [4.78, 5) is 14.3. The first kappa shape index (κ1) is 11.5. The summed E-state index contributed by atoms with van der Waals surface area (Å²) in [6, 6.07) is 0. The zero-order valence-corrected chi connectivity index (χ0v) is 10.4. The van der Waals surface area contributed by atoms with E-state index in [1.165, 1.54) is 12.8 Å². The van der Waals surface area contributed by atoms with Crippen LogP contribution >= 0.6 is 0 Å². The van der Waals surface area contributed by atoms with E-state index in [4.69, 9.17) is 4.74 Å². The highest BCUT2D eigenvalue weighted by atomic mass is 16.5. The Hall–Kier alpha value is -0.610. The average molecular weight is 238 g/mol. The Kier molecular flexibility index (Phi) is 3.34. The lowest BCUT2D eigenvalue weighted by Gasteiger charge is -2.39. The number of rotatable bonds is 1. The Morgan fingerprint density at radius 2 is 2.12 bits per heavy atom. The molecule has 0 aromatic carbocycles. The molecule has 4 heteroatoms. The van der Waals surface area contributed by atoms with Crippen molar-refractivity contribution in [2.24, 2.45) is 11.8 Å². The van der Waals surface area contributed by atoms with Gasteiger partial charge in [-0.1, -0.05) is 0 Å². The minimum atomic E-state index is 0.120. The van der Waals surface area contributed by atoms with E-state index < -0.39 is 0 Å². The van der Waals surface area contributed by atoms with E-state index in [1.54, 1.807) is 0 Å². The van der Waals surface area contributed by atoms with Gasteiger partial charge in [0, 0.05) is 19.6 Å². The smallest absolute Gasteiger partial charge is 0.228 e. The monoisotopic (exact) mass is 238 g/mol. The molecule has 0 saturated carbocycles. The largest absolute Gasteiger partial charge is 0.377 e. The molecule has 3 aliphatic rings. The van der Waals surface area contributed by atoms with Gasteiger partial charge in [0.2, 0.25) is 5.91 Å². The van der Waals surface area contributed by atoms with Crippen molar-refractivity contribution >= 4 is 5.91 Å². The molecule has 96 valence electrons. The summed E-state index contributed by atoms with van der Waals surface area (Å²) in [5, 5.41) is 3.41. The SMILES string of the molecule is O=C([C@@H]1CO[C@@H]2CCNC[C@@H]2C1)N1CCCC1. The number of hydrogen-bond acceptors (Lipinski definition) is 3. The van der Waals surface area contributed by atoms with Crippen molar-refractivity contribution in [3.63, 3.8) is 0 Å². The van der Waals surface area contributed by atoms with Crippen LogP contribution in [-0.4, -0.2) is 49.7 Å². The second-order valence-electron chi connectivity index (χ2n) is 5.59. The fraction of sp³-hybridized carbons (Fsp3) is 0.923. The lowest BCUT2D eigenvalue weighted by atomic mass is 9.84. The zero-order valence-electron chi connectivity index (χ0n) is 10.4. The van der Waals surface area contributed by atoms with Crippen molar-refractivity contribution in [2.75, 3.05) is 32.8 Å². The van der Waals surface area contributed by atoms with Gasteiger partial charge in [-0.05, 0) is 38.1 Å². The third-order valence-electron chi connectivity index (χ3n) is 4.40. The summed E-state index contributed by atoms with van der Waals surface area (Å²) in [5.41, 5.74) is 0. The summed E-state index contributed by atoms with van der Waals surface area (Å²) in [6.45, 7) is 4.65. The van der Waals surface area contributed by atoms with Crippen molar-refractivity contribution in [1.82, 2.24) is 10.2 Å². The van der Waals surface area contributed by atoms with Gasteiger partial charge in [-0.15, -0.1) is 0 Å². The fourth-order valence-electron chi connectivity index (χ4n) is 3.39. The number of fused-ring (bicyclic) bond motifs is 1. The molecule has 0 bridgehead atoms. The number of piperidine rings is 1. The third kappa shape index (κ3) is 2.33. The highest BCUT2D eigenvalue weighted by Gasteiger charge is 2.37. The molecular formula is C13H22N2O2. The molecule has 1 N–H and O–H groups in total. The summed E-state index contributed by atoms with van der Waals surface area (Å²) in [6.07, 6.45) is 4.88. The first-order valence-electron chi connectivity index (χ1n) is 6.95. The number of carbonyl (C=O) groups is 1. The van der Waals surface area contributed by atoms with Crippen molar-refractivity contribution in [2.45, 2.75) is 31.8 Å². The standard InChI is InChI=1S/C13H22N2O2/c16-13(15-5-1-2-6-15)11-7-10-8-14-4-3-12(10)17-9-11/h10-12,14H,1-9H2/t10-,11-,12+/m0/s1. The lowest BCUT2D eigenvalue weighted by Crippen LogP contribution is -2.49. The molecule has 0 aromatic rings. The Labute approximate surface area is 103 Å². The van der Waals surface area contributed by atoms with E-state index in [0.717, 1.165) is 39.0 Å². The van der Waals surface area contributed by atoms with Crippen molar-refractivity contribution in [3.05, 3.63) is 0 Å². The van der Waals surface area contributed by atoms with Gasteiger partial charge in [0.25, 0.3) is 0 Å². The molecule has 0 aliphatic carbocycles. The van der Waals surface area contributed by atoms with Gasteiger partial charge in [-0.3, -0.25) is 4.79 Å². The Morgan fingerprint density at radius 1 is 1.29 bits per heavy atom. The van der Waals surface area contributed by atoms with Crippen LogP contribution in [0.5, 0.6) is 0 Å². The number of likely N-dealkylation sites (tertiary alicyclic amines) is 1. The summed E-state index contributed by atoms with van der Waals surface area (Å²) in [7, 11) is 0. The van der Waals surface area contributed by atoms with Gasteiger partial charge in [-0.25, -0.2) is 0 Å². The first-order chi connectivity index (χ1) is 8.34. The highest BCUT2D eigenvalue weighted by molar-refractivity contribution is 5.79. The Bertz CT molecular complexity index is 289. The van der Waals surface area contributed by atoms with Crippen LogP contribution in [0.3, 0.4) is 0 Å². The number of carbonyl (C=O) groups excluding carboxylic acids is 1. The summed E-state index contributed by atoms with van der Waals surface area (Å²) >= 11 is 0. The highest BCUT2D eigenvalue weighted by Crippen LogP contribution is 2.30. The fourth-order valence-corrected chi connectivity index (χ4v) is 3.39. The predicted octanol–water partition coefficient (Wildman–Crippen LogP) is 0.623. The maximum absolute atomic E-state index is 12.3. The van der Waals surface area contributed by atoms with Gasteiger partial charge in [0.1, 0.15) is 0 Å². The minimum Gasteiger partial charge on any atom is -0.377 e. The van der Waals surface area contributed by atoms with E-state index in [2.05, 4.69) is 5.32 Å². The van der Waals surface area contributed by atoms with Gasteiger partial charge in [-0.2, -0.15) is 0 Å². The average Bonchev–Trinajstić information content (AvgIpc) is 2.91. The summed E-state index contributed by atoms with van der Waals surface area (Å²) in [5.74, 6) is 1.01. The molecular weight excluding hydrogens is 216 g/mol. The van der Waals surface area contributed by atoms with Crippen molar-refractivity contribution < 1.29 is 9.53 Å². The van der Waals surface area contributed by atoms with E-state index in [1.807, 2.05) is 4.90 Å². The molecule has 3 aliphatic heterocycles. The number of amides is 1. The molecule has 0 unspecified atom stereocenters. The molecule has 3 saturated heterocycles. The Balaban J connectivity index is 1.59. The minimum absolute atomic E-state index is 0.120. The van der Waals surface area contributed by atoms with E-state index in [9.17, 15) is 4.79 Å². The third-order valence-corrected chi connectivity index (χ3v) is 4.40. The van der Waals surface area contributed by atoms with Gasteiger partial charge < -0.3 is 15.0 Å². The van der Waals surface area contributed by atoms with E-state index in [-0.39, 0.29) is 5.92 Å². The van der Waals surface area contributed by atoms with Crippen LogP contribution in [0.25, 0.3) is 0 Å². The maximum atomic E-state index is 12.3. The number of nitrogens with one attached hydrogen (secondary N) is 1. The second kappa shape index (κ2) is 4.94. The molecule has 0 spiro atoms. The predicted molar refractivity (Wildman–Crippen MR) is 64.6 cm³/mol. The number of hydrogen-bond donors (Lipinski definition) is 1. The molecule has 3 rings (SSSR count). The van der Waals surface area contributed by atoms with Gasteiger partial charge in [0.05, 0.1) is 18.6 Å². The Morgan fingerprint density at radius 3 is 2.94 bits per heavy atom. The topological polar surface area (TPSA) is 41.6 Å². The van der Waals surface area contributed by atoms with Crippen LogP contribution < -0.4 is 5.32 Å². The molecule has 3 fully saturated rings. The van der Waals surface area contributed by atoms with Crippen LogP contribution in [0.2, 0.25) is 0 Å². The molecule has 17 heavy (non-hydrogen) atoms. The van der Waals surface area contributed by atoms with Crippen LogP contribution in [-0.2, 0) is 9.53 Å². The summed E-state index contributed by atoms with van der Waals surface area (Å²) < 4.78 is 5.89. The normalized spacial score (nSPS) is 37.9. The maximum Gasteiger partial charge on any atom is 0.228 e. The van der Waals surface area contributed by atoms with Crippen LogP contribution in [0.1, 0.15) is 25.7 Å². The number of nitrogens with zero attached hydrogens (tertiary/aromatic N) is 1. The van der Waals surface area contributed by atoms with E-state index in [0.29, 0.717) is 24.5 Å². The molecule has 1 amide bonds. The van der Waals surface area contributed by atoms with Crippen LogP contribution in [0.15, 0.2) is 0 Å². The zero-order chi connectivity index (χ0) is 11.7. The molecule has 3 atom stereocenters. The van der Waals surface area contributed by atoms with E-state index >= 15 is 0 Å². The quantitative estimate of drug-likeness (QED) is 0.728. The number of ether oxygens (including phenoxy) is 1. The second-order valence-corrected chi connectivity index (χ2v) is 5.59. The molecule has 0 radical (unpaired) electrons. The van der Waals surface area contributed by atoms with Crippen LogP contribution in [0, 0.1) is 11.8 Å². The van der Waals surface area contributed by atoms with Crippen molar-refractivity contribution in [1.29, 1.82) is 0 Å².